The molecule has 248 valence electrons. The molecular weight excluding hydrogens is 626 g/mol. The SMILES string of the molecule is COC(=O)C[C@H](c1ccc(OC)c(COc2ccc(NC(C)=O)cc2)c1)c1c(O)cc(O)c2c(=O)c(O)c(-c3ccc(O)c(O)c3)oc12. The molecule has 0 aliphatic heterocycles. The zero-order chi connectivity index (χ0) is 34.7. The van der Waals surface area contributed by atoms with Crippen LogP contribution in [-0.2, 0) is 20.9 Å². The fourth-order valence-corrected chi connectivity index (χ4v) is 5.30. The number of carbonyl (C=O) groups excluding carboxylic acids is 2. The van der Waals surface area contributed by atoms with Crippen molar-refractivity contribution in [2.75, 3.05) is 19.5 Å². The molecule has 1 amide bonds. The van der Waals surface area contributed by atoms with E-state index in [0.29, 0.717) is 28.3 Å². The highest BCUT2D eigenvalue weighted by atomic mass is 16.5. The normalized spacial score (nSPS) is 11.6. The number of hydrogen-bond donors (Lipinski definition) is 6. The van der Waals surface area contributed by atoms with Gasteiger partial charge in [0.15, 0.2) is 17.3 Å². The molecule has 4 aromatic carbocycles. The van der Waals surface area contributed by atoms with E-state index in [-0.39, 0.29) is 35.6 Å². The van der Waals surface area contributed by atoms with Gasteiger partial charge in [-0.2, -0.15) is 0 Å². The van der Waals surface area contributed by atoms with Crippen LogP contribution in [0.25, 0.3) is 22.3 Å². The largest absolute Gasteiger partial charge is 0.507 e. The molecular formula is C35H31NO12. The van der Waals surface area contributed by atoms with E-state index >= 15 is 0 Å². The first-order valence-corrected chi connectivity index (χ1v) is 14.4. The van der Waals surface area contributed by atoms with Gasteiger partial charge in [-0.15, -0.1) is 0 Å². The summed E-state index contributed by atoms with van der Waals surface area (Å²) in [6, 6.07) is 16.0. The standard InChI is InChI=1S/C35H31NO12/c1-17(37)36-21-6-8-22(9-7-21)47-16-20-12-18(5-11-28(20)45-2)23(14-29(42)46-3)30-26(40)15-27(41)31-32(43)33(44)34(48-35(30)31)19-4-10-24(38)25(39)13-19/h4-13,15,23,38-41,44H,14,16H2,1-3H3,(H,36,37)/t23-/m1/s1. The van der Waals surface area contributed by atoms with Crippen molar-refractivity contribution >= 4 is 28.5 Å². The van der Waals surface area contributed by atoms with Gasteiger partial charge in [-0.1, -0.05) is 6.07 Å². The molecule has 0 saturated heterocycles. The third-order valence-corrected chi connectivity index (χ3v) is 7.60. The number of esters is 1. The number of aromatic hydroxyl groups is 5. The van der Waals surface area contributed by atoms with Crippen molar-refractivity contribution in [3.63, 3.8) is 0 Å². The van der Waals surface area contributed by atoms with E-state index < -0.39 is 57.2 Å². The molecule has 0 bridgehead atoms. The van der Waals surface area contributed by atoms with E-state index in [1.807, 2.05) is 0 Å². The molecule has 48 heavy (non-hydrogen) atoms. The van der Waals surface area contributed by atoms with Crippen LogP contribution in [0.4, 0.5) is 5.69 Å². The maximum atomic E-state index is 13.4. The summed E-state index contributed by atoms with van der Waals surface area (Å²) in [5.41, 5.74) is 0.0725. The van der Waals surface area contributed by atoms with Crippen molar-refractivity contribution in [1.29, 1.82) is 0 Å². The lowest BCUT2D eigenvalue weighted by Crippen LogP contribution is -2.13. The number of ether oxygens (including phenoxy) is 3. The molecule has 1 heterocycles. The molecule has 13 nitrogen and oxygen atoms in total. The van der Waals surface area contributed by atoms with Crippen LogP contribution in [0, 0.1) is 0 Å². The van der Waals surface area contributed by atoms with Crippen LogP contribution in [0.2, 0.25) is 0 Å². The summed E-state index contributed by atoms with van der Waals surface area (Å²) in [7, 11) is 2.65. The smallest absolute Gasteiger partial charge is 0.306 e. The number of anilines is 1. The average molecular weight is 658 g/mol. The monoisotopic (exact) mass is 657 g/mol. The summed E-state index contributed by atoms with van der Waals surface area (Å²) >= 11 is 0. The van der Waals surface area contributed by atoms with Crippen molar-refractivity contribution in [1.82, 2.24) is 0 Å². The number of fused-ring (bicyclic) bond motifs is 1. The lowest BCUT2D eigenvalue weighted by atomic mass is 9.85. The Kier molecular flexibility index (Phi) is 9.32. The fraction of sp³-hybridized carbons (Fsp3) is 0.171. The molecule has 1 atom stereocenters. The first kappa shape index (κ1) is 33.0. The van der Waals surface area contributed by atoms with Gasteiger partial charge in [0.1, 0.15) is 40.6 Å². The van der Waals surface area contributed by atoms with Crippen molar-refractivity contribution in [3.05, 3.63) is 93.6 Å². The molecule has 0 saturated carbocycles. The number of carbonyl (C=O) groups is 2. The van der Waals surface area contributed by atoms with Gasteiger partial charge >= 0.3 is 5.97 Å². The van der Waals surface area contributed by atoms with Gasteiger partial charge in [-0.3, -0.25) is 14.4 Å². The van der Waals surface area contributed by atoms with Crippen molar-refractivity contribution < 1.29 is 53.7 Å². The number of rotatable bonds is 10. The molecule has 0 aliphatic carbocycles. The van der Waals surface area contributed by atoms with Gasteiger partial charge in [-0.05, 0) is 60.2 Å². The van der Waals surface area contributed by atoms with E-state index in [0.717, 1.165) is 18.2 Å². The Bertz CT molecular complexity index is 2090. The van der Waals surface area contributed by atoms with Gasteiger partial charge in [0.25, 0.3) is 0 Å². The van der Waals surface area contributed by atoms with Gasteiger partial charge in [-0.25, -0.2) is 0 Å². The number of nitrogens with one attached hydrogen (secondary N) is 1. The lowest BCUT2D eigenvalue weighted by Gasteiger charge is -2.22. The van der Waals surface area contributed by atoms with Crippen molar-refractivity contribution in [3.8, 4) is 51.6 Å². The minimum absolute atomic E-state index is 0.00119. The molecule has 0 radical (unpaired) electrons. The van der Waals surface area contributed by atoms with Gasteiger partial charge in [0, 0.05) is 41.3 Å². The quantitative estimate of drug-likeness (QED) is 0.0844. The second-order valence-corrected chi connectivity index (χ2v) is 10.7. The van der Waals surface area contributed by atoms with Crippen LogP contribution in [0.3, 0.4) is 0 Å². The molecule has 1 aromatic heterocycles. The van der Waals surface area contributed by atoms with Crippen LogP contribution in [0.15, 0.2) is 75.9 Å². The summed E-state index contributed by atoms with van der Waals surface area (Å²) in [5, 5.41) is 54.7. The van der Waals surface area contributed by atoms with E-state index in [9.17, 15) is 39.9 Å². The van der Waals surface area contributed by atoms with E-state index in [1.165, 1.54) is 27.2 Å². The number of hydrogen-bond acceptors (Lipinski definition) is 12. The second kappa shape index (κ2) is 13.5. The Morgan fingerprint density at radius 3 is 2.23 bits per heavy atom. The predicted octanol–water partition coefficient (Wildman–Crippen LogP) is 5.23. The topological polar surface area (TPSA) is 205 Å². The van der Waals surface area contributed by atoms with Crippen LogP contribution < -0.4 is 20.2 Å². The molecule has 6 N–H and O–H groups in total. The van der Waals surface area contributed by atoms with Crippen LogP contribution in [-0.4, -0.2) is 51.6 Å². The average Bonchev–Trinajstić information content (AvgIpc) is 3.06. The third-order valence-electron chi connectivity index (χ3n) is 7.60. The predicted molar refractivity (Wildman–Crippen MR) is 173 cm³/mol. The summed E-state index contributed by atoms with van der Waals surface area (Å²) in [5.74, 6) is -4.60. The van der Waals surface area contributed by atoms with Crippen LogP contribution in [0.5, 0.6) is 40.2 Å². The number of amides is 1. The van der Waals surface area contributed by atoms with Gasteiger partial charge in [0.05, 0.1) is 20.6 Å². The number of benzene rings is 4. The summed E-state index contributed by atoms with van der Waals surface area (Å²) in [4.78, 5) is 37.5. The highest BCUT2D eigenvalue weighted by molar-refractivity contribution is 5.92. The number of methoxy groups -OCH3 is 2. The minimum atomic E-state index is -1.05. The Balaban J connectivity index is 1.65. The Morgan fingerprint density at radius 2 is 1.58 bits per heavy atom. The lowest BCUT2D eigenvalue weighted by molar-refractivity contribution is -0.140. The second-order valence-electron chi connectivity index (χ2n) is 10.7. The van der Waals surface area contributed by atoms with Crippen molar-refractivity contribution in [2.45, 2.75) is 25.9 Å². The zero-order valence-electron chi connectivity index (χ0n) is 25.9. The Morgan fingerprint density at radius 1 is 0.854 bits per heavy atom. The van der Waals surface area contributed by atoms with Crippen LogP contribution >= 0.6 is 0 Å². The molecule has 0 aliphatic rings. The van der Waals surface area contributed by atoms with Crippen molar-refractivity contribution in [2.24, 2.45) is 0 Å². The summed E-state index contributed by atoms with van der Waals surface area (Å²) in [6.45, 7) is 1.40. The molecule has 5 aromatic rings. The highest BCUT2D eigenvalue weighted by Gasteiger charge is 2.30. The third kappa shape index (κ3) is 6.60. The first-order chi connectivity index (χ1) is 22.9. The molecule has 0 fully saturated rings. The van der Waals surface area contributed by atoms with E-state index in [1.54, 1.807) is 42.5 Å². The zero-order valence-corrected chi connectivity index (χ0v) is 25.9. The fourth-order valence-electron chi connectivity index (χ4n) is 5.30. The molecule has 5 rings (SSSR count). The maximum Gasteiger partial charge on any atom is 0.306 e. The van der Waals surface area contributed by atoms with E-state index in [4.69, 9.17) is 18.6 Å². The Hall–Kier alpha value is -6.37. The molecule has 13 heteroatoms. The summed E-state index contributed by atoms with van der Waals surface area (Å²) in [6.07, 6.45) is -0.360. The Labute approximate surface area is 272 Å². The van der Waals surface area contributed by atoms with Gasteiger partial charge in [0.2, 0.25) is 17.1 Å². The van der Waals surface area contributed by atoms with E-state index in [2.05, 4.69) is 5.32 Å². The number of phenolic OH excluding ortho intramolecular Hbond substituents is 4. The molecule has 0 unspecified atom stereocenters. The number of phenols is 4. The van der Waals surface area contributed by atoms with Crippen LogP contribution in [0.1, 0.15) is 36.0 Å². The maximum absolute atomic E-state index is 13.4. The summed E-state index contributed by atoms with van der Waals surface area (Å²) < 4.78 is 22.4. The first-order valence-electron chi connectivity index (χ1n) is 14.4. The highest BCUT2D eigenvalue weighted by Crippen LogP contribution is 2.45. The minimum Gasteiger partial charge on any atom is -0.507 e. The van der Waals surface area contributed by atoms with Gasteiger partial charge < -0.3 is 49.5 Å². The molecule has 0 spiro atoms.